The molecular formula is C25H22N4O4S2. The van der Waals surface area contributed by atoms with Crippen molar-refractivity contribution in [2.24, 2.45) is 0 Å². The van der Waals surface area contributed by atoms with Crippen LogP contribution in [0.1, 0.15) is 21.6 Å². The van der Waals surface area contributed by atoms with E-state index in [2.05, 4.69) is 14.7 Å². The Hall–Kier alpha value is -3.76. The summed E-state index contributed by atoms with van der Waals surface area (Å²) in [5.74, 6) is -0.412. The first-order valence-corrected chi connectivity index (χ1v) is 13.5. The van der Waals surface area contributed by atoms with Crippen LogP contribution in [0, 0.1) is 6.92 Å². The Labute approximate surface area is 206 Å². The number of benzene rings is 2. The van der Waals surface area contributed by atoms with E-state index in [0.29, 0.717) is 23.6 Å². The van der Waals surface area contributed by atoms with Crippen molar-refractivity contribution in [1.29, 1.82) is 0 Å². The quantitative estimate of drug-likeness (QED) is 0.367. The standard InChI is InChI=1S/C25H22N4O4S2/c1-15-7-4-5-8-16(15)13-29-18-10-11-19-22(27-14-34-19)21(18)20(17-9-6-12-26-25(17)33-2)23(29)24(30)28-35(3,31)32/h4-12,14H,13H2,1-3H3,(H,28,30). The second-order valence-electron chi connectivity index (χ2n) is 8.16. The first-order valence-electron chi connectivity index (χ1n) is 10.7. The molecule has 1 amide bonds. The Morgan fingerprint density at radius 1 is 1.11 bits per heavy atom. The van der Waals surface area contributed by atoms with Gasteiger partial charge in [-0.1, -0.05) is 24.3 Å². The molecule has 8 nitrogen and oxygen atoms in total. The largest absolute Gasteiger partial charge is 0.481 e. The van der Waals surface area contributed by atoms with Crippen LogP contribution in [-0.2, 0) is 16.6 Å². The Bertz CT molecular complexity index is 1700. The van der Waals surface area contributed by atoms with Gasteiger partial charge in [0.2, 0.25) is 15.9 Å². The first-order chi connectivity index (χ1) is 16.8. The van der Waals surface area contributed by atoms with Gasteiger partial charge in [-0.15, -0.1) is 11.3 Å². The van der Waals surface area contributed by atoms with Crippen molar-refractivity contribution in [2.75, 3.05) is 13.4 Å². The molecule has 0 radical (unpaired) electrons. The third-order valence-electron chi connectivity index (χ3n) is 5.84. The molecule has 0 saturated heterocycles. The molecule has 2 aromatic carbocycles. The lowest BCUT2D eigenvalue weighted by Gasteiger charge is -2.14. The molecular weight excluding hydrogens is 484 g/mol. The average molecular weight is 507 g/mol. The SMILES string of the molecule is COc1ncccc1-c1c(C(=O)NS(C)(=O)=O)n(Cc2ccccc2C)c2ccc3scnc3c12. The number of nitrogens with zero attached hydrogens (tertiary/aromatic N) is 3. The minimum atomic E-state index is -3.83. The van der Waals surface area contributed by atoms with E-state index in [0.717, 1.165) is 38.5 Å². The number of thiazole rings is 1. The summed E-state index contributed by atoms with van der Waals surface area (Å²) in [5.41, 5.74) is 6.58. The lowest BCUT2D eigenvalue weighted by molar-refractivity contribution is 0.0974. The van der Waals surface area contributed by atoms with Crippen LogP contribution in [0.25, 0.3) is 32.2 Å². The fourth-order valence-corrected chi connectivity index (χ4v) is 5.46. The second-order valence-corrected chi connectivity index (χ2v) is 10.8. The summed E-state index contributed by atoms with van der Waals surface area (Å²) in [6.45, 7) is 2.36. The van der Waals surface area contributed by atoms with Crippen LogP contribution in [-0.4, -0.2) is 42.2 Å². The number of pyridine rings is 1. The number of aromatic nitrogens is 3. The van der Waals surface area contributed by atoms with Gasteiger partial charge in [0.15, 0.2) is 0 Å². The van der Waals surface area contributed by atoms with Gasteiger partial charge in [-0.2, -0.15) is 0 Å². The fraction of sp³-hybridized carbons (Fsp3) is 0.160. The molecule has 0 aliphatic carbocycles. The van der Waals surface area contributed by atoms with E-state index >= 15 is 0 Å². The lowest BCUT2D eigenvalue weighted by Crippen LogP contribution is -2.31. The Morgan fingerprint density at radius 3 is 2.66 bits per heavy atom. The molecule has 0 fully saturated rings. The van der Waals surface area contributed by atoms with E-state index in [-0.39, 0.29) is 5.69 Å². The minimum absolute atomic E-state index is 0.195. The molecule has 0 aliphatic rings. The van der Waals surface area contributed by atoms with Gasteiger partial charge in [-0.05, 0) is 42.3 Å². The van der Waals surface area contributed by atoms with Gasteiger partial charge in [0, 0.05) is 29.3 Å². The summed E-state index contributed by atoms with van der Waals surface area (Å²) in [4.78, 5) is 22.5. The predicted octanol–water partition coefficient (Wildman–Crippen LogP) is 4.37. The maximum atomic E-state index is 13.6. The van der Waals surface area contributed by atoms with Crippen molar-refractivity contribution in [2.45, 2.75) is 13.5 Å². The van der Waals surface area contributed by atoms with Crippen LogP contribution in [0.4, 0.5) is 0 Å². The first kappa shape index (κ1) is 23.0. The maximum absolute atomic E-state index is 13.6. The zero-order chi connectivity index (χ0) is 24.7. The van der Waals surface area contributed by atoms with Crippen molar-refractivity contribution < 1.29 is 17.9 Å². The van der Waals surface area contributed by atoms with Crippen LogP contribution in [0.15, 0.2) is 60.2 Å². The van der Waals surface area contributed by atoms with Gasteiger partial charge >= 0.3 is 0 Å². The van der Waals surface area contributed by atoms with Crippen molar-refractivity contribution >= 4 is 48.4 Å². The summed E-state index contributed by atoms with van der Waals surface area (Å²) in [6, 6.07) is 15.3. The third kappa shape index (κ3) is 4.15. The van der Waals surface area contributed by atoms with Gasteiger partial charge in [0.05, 0.1) is 34.6 Å². The lowest BCUT2D eigenvalue weighted by atomic mass is 10.0. The number of carbonyl (C=O) groups excluding carboxylic acids is 1. The third-order valence-corrected chi connectivity index (χ3v) is 7.20. The molecule has 178 valence electrons. The fourth-order valence-electron chi connectivity index (χ4n) is 4.35. The molecule has 3 aromatic heterocycles. The van der Waals surface area contributed by atoms with E-state index in [4.69, 9.17) is 4.74 Å². The number of amides is 1. The number of sulfonamides is 1. The summed E-state index contributed by atoms with van der Waals surface area (Å²) in [7, 11) is -2.32. The summed E-state index contributed by atoms with van der Waals surface area (Å²) in [6.07, 6.45) is 2.56. The summed E-state index contributed by atoms with van der Waals surface area (Å²) < 4.78 is 34.7. The zero-order valence-corrected chi connectivity index (χ0v) is 20.9. The molecule has 5 rings (SSSR count). The van der Waals surface area contributed by atoms with E-state index in [1.54, 1.807) is 23.8 Å². The van der Waals surface area contributed by atoms with Crippen LogP contribution in [0.2, 0.25) is 0 Å². The topological polar surface area (TPSA) is 103 Å². The minimum Gasteiger partial charge on any atom is -0.481 e. The van der Waals surface area contributed by atoms with Crippen molar-refractivity contribution in [3.63, 3.8) is 0 Å². The van der Waals surface area contributed by atoms with Gasteiger partial charge in [0.1, 0.15) is 5.69 Å². The predicted molar refractivity (Wildman–Crippen MR) is 137 cm³/mol. The highest BCUT2D eigenvalue weighted by atomic mass is 32.2. The number of methoxy groups -OCH3 is 1. The molecule has 1 N–H and O–H groups in total. The number of carbonyl (C=O) groups is 1. The van der Waals surface area contributed by atoms with Crippen LogP contribution in [0.3, 0.4) is 0 Å². The number of ether oxygens (including phenoxy) is 1. The molecule has 0 bridgehead atoms. The molecule has 35 heavy (non-hydrogen) atoms. The number of fused-ring (bicyclic) bond motifs is 3. The number of rotatable bonds is 6. The van der Waals surface area contributed by atoms with E-state index in [1.165, 1.54) is 18.4 Å². The van der Waals surface area contributed by atoms with E-state index in [9.17, 15) is 13.2 Å². The van der Waals surface area contributed by atoms with Crippen LogP contribution in [0.5, 0.6) is 5.88 Å². The molecule has 5 aromatic rings. The summed E-state index contributed by atoms with van der Waals surface area (Å²) >= 11 is 1.49. The maximum Gasteiger partial charge on any atom is 0.282 e. The number of aryl methyl sites for hydroxylation is 1. The average Bonchev–Trinajstić information content (AvgIpc) is 3.42. The Balaban J connectivity index is 1.93. The number of hydrogen-bond acceptors (Lipinski definition) is 7. The normalized spacial score (nSPS) is 11.7. The highest BCUT2D eigenvalue weighted by Crippen LogP contribution is 2.42. The highest BCUT2D eigenvalue weighted by molar-refractivity contribution is 7.89. The van der Waals surface area contributed by atoms with E-state index in [1.807, 2.05) is 47.9 Å². The van der Waals surface area contributed by atoms with Crippen molar-refractivity contribution in [1.82, 2.24) is 19.3 Å². The van der Waals surface area contributed by atoms with Crippen LogP contribution >= 0.6 is 11.3 Å². The molecule has 0 atom stereocenters. The zero-order valence-electron chi connectivity index (χ0n) is 19.3. The van der Waals surface area contributed by atoms with Gasteiger partial charge in [0.25, 0.3) is 5.91 Å². The van der Waals surface area contributed by atoms with Crippen molar-refractivity contribution in [3.8, 4) is 17.0 Å². The van der Waals surface area contributed by atoms with Crippen molar-refractivity contribution in [3.05, 3.63) is 77.1 Å². The monoisotopic (exact) mass is 506 g/mol. The smallest absolute Gasteiger partial charge is 0.282 e. The van der Waals surface area contributed by atoms with Gasteiger partial charge < -0.3 is 9.30 Å². The molecule has 0 unspecified atom stereocenters. The molecule has 0 saturated carbocycles. The Morgan fingerprint density at radius 2 is 1.91 bits per heavy atom. The summed E-state index contributed by atoms with van der Waals surface area (Å²) in [5, 5.41) is 0.738. The van der Waals surface area contributed by atoms with Gasteiger partial charge in [-0.25, -0.2) is 23.1 Å². The highest BCUT2D eigenvalue weighted by Gasteiger charge is 2.29. The molecule has 3 heterocycles. The molecule has 10 heteroatoms. The number of hydrogen-bond donors (Lipinski definition) is 1. The Kier molecular flexibility index (Phi) is 5.78. The van der Waals surface area contributed by atoms with E-state index < -0.39 is 15.9 Å². The van der Waals surface area contributed by atoms with Gasteiger partial charge in [-0.3, -0.25) is 4.79 Å². The van der Waals surface area contributed by atoms with Crippen LogP contribution < -0.4 is 9.46 Å². The molecule has 0 aliphatic heterocycles. The molecule has 0 spiro atoms. The second kappa shape index (κ2) is 8.79. The number of nitrogens with one attached hydrogen (secondary N) is 1.